The van der Waals surface area contributed by atoms with Gasteiger partial charge in [0.15, 0.2) is 0 Å². The Morgan fingerprint density at radius 2 is 1.96 bits per heavy atom. The number of fused-ring (bicyclic) bond motifs is 1. The molecule has 8 heteroatoms. The van der Waals surface area contributed by atoms with Crippen LogP contribution in [0.15, 0.2) is 69.7 Å². The van der Waals surface area contributed by atoms with Gasteiger partial charge in [0.2, 0.25) is 0 Å². The van der Waals surface area contributed by atoms with Crippen LogP contribution in [0.25, 0.3) is 10.9 Å². The lowest BCUT2D eigenvalue weighted by molar-refractivity contribution is -0.139. The molecule has 7 nitrogen and oxygen atoms in total. The second-order valence-corrected chi connectivity index (χ2v) is 6.56. The van der Waals surface area contributed by atoms with Gasteiger partial charge in [-0.1, -0.05) is 30.0 Å². The molecule has 3 aromatic rings. The number of H-pyrrole nitrogens is 1. The van der Waals surface area contributed by atoms with E-state index >= 15 is 0 Å². The van der Waals surface area contributed by atoms with Crippen molar-refractivity contribution in [3.05, 3.63) is 81.8 Å². The number of methoxy groups -OCH3 is 1. The number of carbonyl (C=O) groups excluding carboxylic acids is 2. The van der Waals surface area contributed by atoms with E-state index in [9.17, 15) is 14.4 Å². The summed E-state index contributed by atoms with van der Waals surface area (Å²) in [6, 6.07) is 14.0. The van der Waals surface area contributed by atoms with E-state index < -0.39 is 11.9 Å². The second kappa shape index (κ2) is 9.01. The number of rotatable bonds is 6. The molecule has 2 aromatic carbocycles. The molecule has 0 unspecified atom stereocenters. The molecule has 0 aliphatic heterocycles. The number of nitrogens with one attached hydrogen (secondary N) is 1. The summed E-state index contributed by atoms with van der Waals surface area (Å²) in [5.74, 6) is -0.913. The molecule has 1 aromatic heterocycles. The largest absolute Gasteiger partial charge is 0.465 e. The number of aromatic amines is 1. The van der Waals surface area contributed by atoms with Gasteiger partial charge in [0.1, 0.15) is 12.4 Å². The van der Waals surface area contributed by atoms with Crippen molar-refractivity contribution in [2.24, 2.45) is 0 Å². The predicted octanol–water partition coefficient (Wildman–Crippen LogP) is 3.06. The van der Waals surface area contributed by atoms with Crippen molar-refractivity contribution in [3.63, 3.8) is 0 Å². The quantitative estimate of drug-likeness (QED) is 0.388. The first-order valence-electron chi connectivity index (χ1n) is 8.23. The van der Waals surface area contributed by atoms with E-state index in [0.717, 1.165) is 4.90 Å². The van der Waals surface area contributed by atoms with Crippen LogP contribution in [-0.4, -0.2) is 29.0 Å². The van der Waals surface area contributed by atoms with Crippen LogP contribution in [0, 0.1) is 0 Å². The molecule has 3 rings (SSSR count). The van der Waals surface area contributed by atoms with Crippen LogP contribution < -0.4 is 5.56 Å². The van der Waals surface area contributed by atoms with Gasteiger partial charge in [0, 0.05) is 11.0 Å². The van der Waals surface area contributed by atoms with Gasteiger partial charge in [-0.05, 0) is 35.7 Å². The van der Waals surface area contributed by atoms with Crippen LogP contribution in [0.2, 0.25) is 0 Å². The molecule has 0 fully saturated rings. The molecule has 0 amide bonds. The fraction of sp³-hybridized carbons (Fsp3) is 0.100. The summed E-state index contributed by atoms with van der Waals surface area (Å²) in [6.07, 6.45) is 1.30. The van der Waals surface area contributed by atoms with Crippen LogP contribution in [0.1, 0.15) is 16.2 Å². The number of nitrogens with zero attached hydrogens (tertiary/aromatic N) is 1. The lowest BCUT2D eigenvalue weighted by Crippen LogP contribution is -2.14. The number of hydrogen-bond acceptors (Lipinski definition) is 7. The molecule has 0 aliphatic carbocycles. The highest BCUT2D eigenvalue weighted by atomic mass is 32.2. The third-order valence-electron chi connectivity index (χ3n) is 3.68. The Balaban J connectivity index is 1.67. The van der Waals surface area contributed by atoms with E-state index in [2.05, 4.69) is 14.7 Å². The fourth-order valence-corrected chi connectivity index (χ4v) is 3.01. The number of benzene rings is 2. The Kier molecular flexibility index (Phi) is 6.23. The molecule has 28 heavy (non-hydrogen) atoms. The van der Waals surface area contributed by atoms with Crippen LogP contribution in [0.4, 0.5) is 0 Å². The molecule has 0 bridgehead atoms. The normalized spacial score (nSPS) is 10.9. The van der Waals surface area contributed by atoms with Gasteiger partial charge >= 0.3 is 11.9 Å². The molecule has 0 aliphatic rings. The molecule has 142 valence electrons. The zero-order chi connectivity index (χ0) is 19.9. The van der Waals surface area contributed by atoms with Crippen molar-refractivity contribution < 1.29 is 19.1 Å². The zero-order valence-corrected chi connectivity index (χ0v) is 15.7. The molecule has 0 saturated carbocycles. The maximum Gasteiger partial charge on any atom is 0.337 e. The highest BCUT2D eigenvalue weighted by molar-refractivity contribution is 8.02. The molecule has 1 heterocycles. The smallest absolute Gasteiger partial charge is 0.337 e. The minimum Gasteiger partial charge on any atom is -0.465 e. The van der Waals surface area contributed by atoms with Crippen molar-refractivity contribution in [2.75, 3.05) is 7.11 Å². The summed E-state index contributed by atoms with van der Waals surface area (Å²) in [5, 5.41) is 1.94. The number of hydrogen-bond donors (Lipinski definition) is 1. The Bertz CT molecular complexity index is 1090. The van der Waals surface area contributed by atoms with Crippen LogP contribution in [0.5, 0.6) is 0 Å². The summed E-state index contributed by atoms with van der Waals surface area (Å²) in [6.45, 7) is -0.202. The van der Waals surface area contributed by atoms with Gasteiger partial charge in [0.25, 0.3) is 5.56 Å². The summed E-state index contributed by atoms with van der Waals surface area (Å²) in [7, 11) is 1.27. The Morgan fingerprint density at radius 1 is 1.18 bits per heavy atom. The topological polar surface area (TPSA) is 98.4 Å². The minimum absolute atomic E-state index is 0.178. The molecular formula is C20H16N2O5S. The van der Waals surface area contributed by atoms with Gasteiger partial charge in [-0.3, -0.25) is 4.79 Å². The van der Waals surface area contributed by atoms with Crippen molar-refractivity contribution in [1.82, 2.24) is 9.97 Å². The average Bonchev–Trinajstić information content (AvgIpc) is 2.72. The fourth-order valence-electron chi connectivity index (χ4n) is 2.36. The van der Waals surface area contributed by atoms with E-state index in [4.69, 9.17) is 4.74 Å². The van der Waals surface area contributed by atoms with Crippen molar-refractivity contribution in [1.29, 1.82) is 0 Å². The van der Waals surface area contributed by atoms with E-state index in [1.165, 1.54) is 43.1 Å². The van der Waals surface area contributed by atoms with Gasteiger partial charge in [-0.25, -0.2) is 14.6 Å². The molecule has 1 N–H and O–H groups in total. The van der Waals surface area contributed by atoms with Gasteiger partial charge in [0.05, 0.1) is 23.6 Å². The molecule has 0 radical (unpaired) electrons. The Labute approximate surface area is 164 Å². The summed E-state index contributed by atoms with van der Waals surface area (Å²) in [4.78, 5) is 43.4. The first-order chi connectivity index (χ1) is 13.6. The van der Waals surface area contributed by atoms with Crippen molar-refractivity contribution >= 4 is 34.6 Å². The van der Waals surface area contributed by atoms with Crippen LogP contribution in [-0.2, 0) is 20.9 Å². The third kappa shape index (κ3) is 4.86. The maximum absolute atomic E-state index is 12.2. The first kappa shape index (κ1) is 19.4. The zero-order valence-electron chi connectivity index (χ0n) is 14.9. The maximum atomic E-state index is 12.2. The molecule has 0 atom stereocenters. The molecule has 0 spiro atoms. The second-order valence-electron chi connectivity index (χ2n) is 5.58. The third-order valence-corrected chi connectivity index (χ3v) is 4.50. The summed E-state index contributed by atoms with van der Waals surface area (Å²) in [5.41, 5.74) is 0.201. The Morgan fingerprint density at radius 3 is 2.71 bits per heavy atom. The molecular weight excluding hydrogens is 380 g/mol. The average molecular weight is 396 g/mol. The Hall–Kier alpha value is -3.39. The number of esters is 2. The minimum atomic E-state index is -0.561. The van der Waals surface area contributed by atoms with Gasteiger partial charge < -0.3 is 14.5 Å². The van der Waals surface area contributed by atoms with Gasteiger partial charge in [-0.2, -0.15) is 0 Å². The van der Waals surface area contributed by atoms with E-state index in [1.807, 2.05) is 30.3 Å². The van der Waals surface area contributed by atoms with Crippen LogP contribution >= 0.6 is 11.8 Å². The number of aromatic nitrogens is 2. The van der Waals surface area contributed by atoms with Gasteiger partial charge in [-0.15, -0.1) is 0 Å². The lowest BCUT2D eigenvalue weighted by Gasteiger charge is -2.05. The van der Waals surface area contributed by atoms with Crippen LogP contribution in [0.3, 0.4) is 0 Å². The number of ether oxygens (including phenoxy) is 2. The lowest BCUT2D eigenvalue weighted by atomic mass is 10.1. The highest BCUT2D eigenvalue weighted by Gasteiger charge is 2.10. The van der Waals surface area contributed by atoms with E-state index in [1.54, 1.807) is 5.41 Å². The monoisotopic (exact) mass is 396 g/mol. The molecule has 0 saturated heterocycles. The van der Waals surface area contributed by atoms with Crippen molar-refractivity contribution in [3.8, 4) is 0 Å². The number of carbonyl (C=O) groups is 2. The summed E-state index contributed by atoms with van der Waals surface area (Å²) >= 11 is 1.38. The van der Waals surface area contributed by atoms with E-state index in [0.29, 0.717) is 10.9 Å². The highest BCUT2D eigenvalue weighted by Crippen LogP contribution is 2.18. The summed E-state index contributed by atoms with van der Waals surface area (Å²) < 4.78 is 9.77. The van der Waals surface area contributed by atoms with E-state index in [-0.39, 0.29) is 23.6 Å². The first-order valence-corrected chi connectivity index (χ1v) is 9.11. The SMILES string of the molecule is COC(=O)c1ccc2c(=O)[nH]c(COC(=O)/C=C/Sc3ccccc3)nc2c1. The number of thioether (sulfide) groups is 1. The van der Waals surface area contributed by atoms with Crippen molar-refractivity contribution in [2.45, 2.75) is 11.5 Å². The predicted molar refractivity (Wildman–Crippen MR) is 105 cm³/mol. The standard InChI is InChI=1S/C20H16N2O5S/c1-26-20(25)13-7-8-15-16(11-13)21-17(22-19(15)24)12-27-18(23)9-10-28-14-5-3-2-4-6-14/h2-11H,12H2,1H3,(H,21,22,24)/b10-9+.